The van der Waals surface area contributed by atoms with Crippen LogP contribution in [0.25, 0.3) is 10.7 Å². The van der Waals surface area contributed by atoms with E-state index in [1.165, 1.54) is 4.80 Å². The van der Waals surface area contributed by atoms with Crippen molar-refractivity contribution in [3.63, 3.8) is 0 Å². The highest BCUT2D eigenvalue weighted by Gasteiger charge is 2.10. The van der Waals surface area contributed by atoms with E-state index in [9.17, 15) is 4.79 Å². The Morgan fingerprint density at radius 1 is 1.61 bits per heavy atom. The van der Waals surface area contributed by atoms with Gasteiger partial charge in [-0.2, -0.15) is 4.80 Å². The number of amides is 1. The Labute approximate surface area is 109 Å². The Morgan fingerprint density at radius 2 is 2.44 bits per heavy atom. The number of hydrogen-bond donors (Lipinski definition) is 1. The van der Waals surface area contributed by atoms with Gasteiger partial charge >= 0.3 is 0 Å². The number of carbonyl (C=O) groups is 1. The van der Waals surface area contributed by atoms with Crippen molar-refractivity contribution in [2.24, 2.45) is 0 Å². The SMILES string of the molecule is CCC(C)NC(=O)Cn1nnc(-c2cccs2)n1. The van der Waals surface area contributed by atoms with Gasteiger partial charge < -0.3 is 5.32 Å². The molecule has 2 aromatic rings. The van der Waals surface area contributed by atoms with Crippen LogP contribution in [0.5, 0.6) is 0 Å². The molecule has 0 fully saturated rings. The maximum Gasteiger partial charge on any atom is 0.243 e. The quantitative estimate of drug-likeness (QED) is 0.885. The molecule has 0 spiro atoms. The molecule has 7 heteroatoms. The first-order valence-electron chi connectivity index (χ1n) is 5.80. The molecule has 1 unspecified atom stereocenters. The van der Waals surface area contributed by atoms with Gasteiger partial charge in [0.15, 0.2) is 0 Å². The Bertz CT molecular complexity index is 507. The van der Waals surface area contributed by atoms with Crippen LogP contribution in [0, 0.1) is 0 Å². The first-order chi connectivity index (χ1) is 8.69. The van der Waals surface area contributed by atoms with Crippen molar-refractivity contribution in [3.8, 4) is 10.7 Å². The van der Waals surface area contributed by atoms with Gasteiger partial charge in [0, 0.05) is 6.04 Å². The van der Waals surface area contributed by atoms with E-state index in [2.05, 4.69) is 20.7 Å². The monoisotopic (exact) mass is 265 g/mol. The second-order valence-corrected chi connectivity index (χ2v) is 4.95. The van der Waals surface area contributed by atoms with Crippen LogP contribution in [0.15, 0.2) is 17.5 Å². The van der Waals surface area contributed by atoms with E-state index in [-0.39, 0.29) is 18.5 Å². The highest BCUT2D eigenvalue weighted by atomic mass is 32.1. The number of nitrogens with one attached hydrogen (secondary N) is 1. The molecule has 18 heavy (non-hydrogen) atoms. The van der Waals surface area contributed by atoms with E-state index in [1.54, 1.807) is 11.3 Å². The zero-order chi connectivity index (χ0) is 13.0. The van der Waals surface area contributed by atoms with Gasteiger partial charge in [-0.15, -0.1) is 21.5 Å². The standard InChI is InChI=1S/C11H15N5OS/c1-3-8(2)12-10(17)7-16-14-11(13-15-16)9-5-4-6-18-9/h4-6,8H,3,7H2,1-2H3,(H,12,17). The van der Waals surface area contributed by atoms with Gasteiger partial charge in [0.2, 0.25) is 11.7 Å². The van der Waals surface area contributed by atoms with Gasteiger partial charge in [-0.25, -0.2) is 0 Å². The van der Waals surface area contributed by atoms with Crippen molar-refractivity contribution in [3.05, 3.63) is 17.5 Å². The average molecular weight is 265 g/mol. The summed E-state index contributed by atoms with van der Waals surface area (Å²) >= 11 is 1.54. The summed E-state index contributed by atoms with van der Waals surface area (Å²) in [7, 11) is 0. The normalized spacial score (nSPS) is 12.3. The molecule has 0 aliphatic carbocycles. The van der Waals surface area contributed by atoms with Crippen LogP contribution in [0.4, 0.5) is 0 Å². The zero-order valence-electron chi connectivity index (χ0n) is 10.3. The zero-order valence-corrected chi connectivity index (χ0v) is 11.1. The molecule has 6 nitrogen and oxygen atoms in total. The molecule has 1 N–H and O–H groups in total. The Balaban J connectivity index is 1.97. The maximum atomic E-state index is 11.6. The van der Waals surface area contributed by atoms with Crippen LogP contribution in [-0.2, 0) is 11.3 Å². The average Bonchev–Trinajstić information content (AvgIpc) is 2.98. The second kappa shape index (κ2) is 5.72. The van der Waals surface area contributed by atoms with E-state index >= 15 is 0 Å². The van der Waals surface area contributed by atoms with Crippen molar-refractivity contribution in [1.29, 1.82) is 0 Å². The number of hydrogen-bond acceptors (Lipinski definition) is 5. The fourth-order valence-corrected chi connectivity index (χ4v) is 2.01. The molecule has 1 atom stereocenters. The Hall–Kier alpha value is -1.76. The molecule has 2 rings (SSSR count). The third-order valence-corrected chi connectivity index (χ3v) is 3.36. The second-order valence-electron chi connectivity index (χ2n) is 4.00. The predicted molar refractivity (Wildman–Crippen MR) is 69.0 cm³/mol. The number of nitrogens with zero attached hydrogens (tertiary/aromatic N) is 4. The third kappa shape index (κ3) is 3.13. The smallest absolute Gasteiger partial charge is 0.243 e. The lowest BCUT2D eigenvalue weighted by atomic mass is 10.2. The molecule has 0 saturated heterocycles. The molecule has 0 saturated carbocycles. The number of aromatic nitrogens is 4. The van der Waals surface area contributed by atoms with Crippen LogP contribution in [0.2, 0.25) is 0 Å². The molecule has 0 aromatic carbocycles. The van der Waals surface area contributed by atoms with Crippen LogP contribution in [0.3, 0.4) is 0 Å². The molecule has 0 aliphatic rings. The molecule has 2 heterocycles. The summed E-state index contributed by atoms with van der Waals surface area (Å²) in [5, 5.41) is 16.8. The topological polar surface area (TPSA) is 72.7 Å². The summed E-state index contributed by atoms with van der Waals surface area (Å²) in [5.41, 5.74) is 0. The summed E-state index contributed by atoms with van der Waals surface area (Å²) in [5.74, 6) is 0.459. The Kier molecular flexibility index (Phi) is 4.03. The maximum absolute atomic E-state index is 11.6. The van der Waals surface area contributed by atoms with Crippen LogP contribution in [-0.4, -0.2) is 32.2 Å². The van der Waals surface area contributed by atoms with Gasteiger partial charge in [-0.05, 0) is 30.0 Å². The summed E-state index contributed by atoms with van der Waals surface area (Å²) in [6, 6.07) is 4.01. The van der Waals surface area contributed by atoms with Crippen molar-refractivity contribution >= 4 is 17.2 Å². The van der Waals surface area contributed by atoms with Crippen molar-refractivity contribution in [2.75, 3.05) is 0 Å². The summed E-state index contributed by atoms with van der Waals surface area (Å²) < 4.78 is 0. The fourth-order valence-electron chi connectivity index (χ4n) is 1.37. The minimum atomic E-state index is -0.0977. The molecule has 0 radical (unpaired) electrons. The van der Waals surface area contributed by atoms with Gasteiger partial charge in [-0.1, -0.05) is 13.0 Å². The molecule has 96 valence electrons. The van der Waals surface area contributed by atoms with E-state index in [0.29, 0.717) is 5.82 Å². The summed E-state index contributed by atoms with van der Waals surface area (Å²) in [6.45, 7) is 4.08. The molecule has 0 aliphatic heterocycles. The summed E-state index contributed by atoms with van der Waals surface area (Å²) in [6.07, 6.45) is 0.900. The molecular weight excluding hydrogens is 250 g/mol. The highest BCUT2D eigenvalue weighted by molar-refractivity contribution is 7.13. The fraction of sp³-hybridized carbons (Fsp3) is 0.455. The van der Waals surface area contributed by atoms with Crippen molar-refractivity contribution < 1.29 is 4.79 Å². The van der Waals surface area contributed by atoms with Gasteiger partial charge in [0.25, 0.3) is 0 Å². The number of carbonyl (C=O) groups excluding carboxylic acids is 1. The number of thiophene rings is 1. The predicted octanol–water partition coefficient (Wildman–Crippen LogP) is 1.32. The van der Waals surface area contributed by atoms with E-state index in [1.807, 2.05) is 31.4 Å². The van der Waals surface area contributed by atoms with E-state index < -0.39 is 0 Å². The first kappa shape index (κ1) is 12.7. The third-order valence-electron chi connectivity index (χ3n) is 2.50. The minimum Gasteiger partial charge on any atom is -0.352 e. The van der Waals surface area contributed by atoms with Gasteiger partial charge in [-0.3, -0.25) is 4.79 Å². The van der Waals surface area contributed by atoms with Crippen LogP contribution < -0.4 is 5.32 Å². The lowest BCUT2D eigenvalue weighted by Gasteiger charge is -2.10. The van der Waals surface area contributed by atoms with Crippen LogP contribution >= 0.6 is 11.3 Å². The lowest BCUT2D eigenvalue weighted by Crippen LogP contribution is -2.35. The van der Waals surface area contributed by atoms with E-state index in [4.69, 9.17) is 0 Å². The van der Waals surface area contributed by atoms with Gasteiger partial charge in [0.05, 0.1) is 4.88 Å². The molecular formula is C11H15N5OS. The largest absolute Gasteiger partial charge is 0.352 e. The molecule has 2 aromatic heterocycles. The summed E-state index contributed by atoms with van der Waals surface area (Å²) in [4.78, 5) is 13.9. The van der Waals surface area contributed by atoms with Gasteiger partial charge in [0.1, 0.15) is 6.54 Å². The number of tetrazole rings is 1. The minimum absolute atomic E-state index is 0.0977. The molecule has 1 amide bonds. The molecule has 0 bridgehead atoms. The highest BCUT2D eigenvalue weighted by Crippen LogP contribution is 2.19. The van der Waals surface area contributed by atoms with E-state index in [0.717, 1.165) is 11.3 Å². The lowest BCUT2D eigenvalue weighted by molar-refractivity contribution is -0.122. The van der Waals surface area contributed by atoms with Crippen molar-refractivity contribution in [1.82, 2.24) is 25.5 Å². The van der Waals surface area contributed by atoms with Crippen molar-refractivity contribution in [2.45, 2.75) is 32.9 Å². The number of rotatable bonds is 5. The van der Waals surface area contributed by atoms with Crippen LogP contribution in [0.1, 0.15) is 20.3 Å². The first-order valence-corrected chi connectivity index (χ1v) is 6.68. The Morgan fingerprint density at radius 3 is 3.11 bits per heavy atom.